The summed E-state index contributed by atoms with van der Waals surface area (Å²) in [5.41, 5.74) is 1.60. The number of amides is 1. The first-order valence-corrected chi connectivity index (χ1v) is 7.19. The molecular weight excluding hydrogens is 256 g/mol. The highest BCUT2D eigenvalue weighted by Gasteiger charge is 2.31. The van der Waals surface area contributed by atoms with E-state index in [9.17, 15) is 4.79 Å². The van der Waals surface area contributed by atoms with Gasteiger partial charge in [-0.05, 0) is 31.9 Å². The van der Waals surface area contributed by atoms with Crippen LogP contribution in [0.5, 0.6) is 0 Å². The van der Waals surface area contributed by atoms with Crippen LogP contribution in [0.2, 0.25) is 0 Å². The minimum Gasteiger partial charge on any atom is -0.350 e. The van der Waals surface area contributed by atoms with E-state index in [1.165, 1.54) is 0 Å². The van der Waals surface area contributed by atoms with E-state index in [1.54, 1.807) is 6.20 Å². The van der Waals surface area contributed by atoms with Crippen molar-refractivity contribution >= 4 is 5.91 Å². The van der Waals surface area contributed by atoms with Gasteiger partial charge < -0.3 is 14.4 Å². The molecule has 1 amide bonds. The van der Waals surface area contributed by atoms with Gasteiger partial charge in [0.1, 0.15) is 0 Å². The highest BCUT2D eigenvalue weighted by molar-refractivity contribution is 5.93. The molecule has 3 heterocycles. The molecule has 1 aromatic rings. The molecule has 0 spiro atoms. The van der Waals surface area contributed by atoms with Crippen molar-refractivity contribution in [1.82, 2.24) is 9.88 Å². The standard InChI is InChI=1S/C15H20N2O3/c1-11-2-3-13(10-16-11)14(18)17-6-4-12(5-7-17)15-19-8-9-20-15/h2-3,10,12,15H,4-9H2,1H3. The molecule has 0 saturated carbocycles. The van der Waals surface area contributed by atoms with E-state index in [2.05, 4.69) is 4.98 Å². The van der Waals surface area contributed by atoms with Gasteiger partial charge in [-0.2, -0.15) is 0 Å². The Morgan fingerprint density at radius 2 is 1.95 bits per heavy atom. The number of aryl methyl sites for hydroxylation is 1. The summed E-state index contributed by atoms with van der Waals surface area (Å²) in [6.07, 6.45) is 3.48. The molecule has 5 heteroatoms. The summed E-state index contributed by atoms with van der Waals surface area (Å²) in [6.45, 7) is 4.83. The molecule has 20 heavy (non-hydrogen) atoms. The van der Waals surface area contributed by atoms with Gasteiger partial charge in [-0.15, -0.1) is 0 Å². The second kappa shape index (κ2) is 5.89. The molecule has 0 N–H and O–H groups in total. The van der Waals surface area contributed by atoms with Crippen molar-refractivity contribution in [3.63, 3.8) is 0 Å². The summed E-state index contributed by atoms with van der Waals surface area (Å²) < 4.78 is 11.1. The average Bonchev–Trinajstić information content (AvgIpc) is 3.02. The lowest BCUT2D eigenvalue weighted by atomic mass is 9.96. The number of hydrogen-bond donors (Lipinski definition) is 0. The molecular formula is C15H20N2O3. The fraction of sp³-hybridized carbons (Fsp3) is 0.600. The Morgan fingerprint density at radius 1 is 1.25 bits per heavy atom. The Bertz CT molecular complexity index is 461. The summed E-state index contributed by atoms with van der Waals surface area (Å²) in [4.78, 5) is 18.4. The molecule has 0 bridgehead atoms. The topological polar surface area (TPSA) is 51.7 Å². The van der Waals surface area contributed by atoms with Crippen LogP contribution < -0.4 is 0 Å². The van der Waals surface area contributed by atoms with Gasteiger partial charge in [-0.1, -0.05) is 0 Å². The minimum absolute atomic E-state index is 0.0618. The van der Waals surface area contributed by atoms with Crippen molar-refractivity contribution in [3.05, 3.63) is 29.6 Å². The van der Waals surface area contributed by atoms with E-state index in [0.717, 1.165) is 31.6 Å². The predicted molar refractivity (Wildman–Crippen MR) is 73.3 cm³/mol. The van der Waals surface area contributed by atoms with Crippen LogP contribution in [-0.2, 0) is 9.47 Å². The first kappa shape index (κ1) is 13.5. The van der Waals surface area contributed by atoms with E-state index >= 15 is 0 Å². The third-order valence-corrected chi connectivity index (χ3v) is 4.02. The number of hydrogen-bond acceptors (Lipinski definition) is 4. The number of ether oxygens (including phenoxy) is 2. The summed E-state index contributed by atoms with van der Waals surface area (Å²) in [6, 6.07) is 3.72. The molecule has 1 aromatic heterocycles. The highest BCUT2D eigenvalue weighted by Crippen LogP contribution is 2.26. The fourth-order valence-corrected chi connectivity index (χ4v) is 2.80. The van der Waals surface area contributed by atoms with Gasteiger partial charge in [-0.25, -0.2) is 0 Å². The fourth-order valence-electron chi connectivity index (χ4n) is 2.80. The number of aromatic nitrogens is 1. The maximum atomic E-state index is 12.4. The molecule has 3 rings (SSSR count). The summed E-state index contributed by atoms with van der Waals surface area (Å²) >= 11 is 0. The zero-order valence-corrected chi connectivity index (χ0v) is 11.7. The molecule has 2 saturated heterocycles. The summed E-state index contributed by atoms with van der Waals surface area (Å²) in [5.74, 6) is 0.488. The Labute approximate surface area is 118 Å². The van der Waals surface area contributed by atoms with E-state index in [0.29, 0.717) is 24.7 Å². The number of carbonyl (C=O) groups is 1. The third-order valence-electron chi connectivity index (χ3n) is 4.02. The van der Waals surface area contributed by atoms with Crippen LogP contribution in [-0.4, -0.2) is 48.4 Å². The van der Waals surface area contributed by atoms with Crippen molar-refractivity contribution < 1.29 is 14.3 Å². The molecule has 0 unspecified atom stereocenters. The lowest BCUT2D eigenvalue weighted by Gasteiger charge is -2.33. The Hall–Kier alpha value is -1.46. The van der Waals surface area contributed by atoms with Crippen molar-refractivity contribution in [2.45, 2.75) is 26.1 Å². The Balaban J connectivity index is 1.57. The van der Waals surface area contributed by atoms with Crippen LogP contribution in [0, 0.1) is 12.8 Å². The minimum atomic E-state index is -0.0618. The maximum Gasteiger partial charge on any atom is 0.255 e. The number of carbonyl (C=O) groups excluding carboxylic acids is 1. The van der Waals surface area contributed by atoms with Crippen molar-refractivity contribution in [1.29, 1.82) is 0 Å². The quantitative estimate of drug-likeness (QED) is 0.823. The predicted octanol–water partition coefficient (Wildman–Crippen LogP) is 1.62. The molecule has 2 aliphatic rings. The molecule has 5 nitrogen and oxygen atoms in total. The second-order valence-electron chi connectivity index (χ2n) is 5.43. The molecule has 2 aliphatic heterocycles. The first-order chi connectivity index (χ1) is 9.74. The Kier molecular flexibility index (Phi) is 3.98. The van der Waals surface area contributed by atoms with E-state index in [-0.39, 0.29) is 12.2 Å². The molecule has 0 radical (unpaired) electrons. The number of likely N-dealkylation sites (tertiary alicyclic amines) is 1. The third kappa shape index (κ3) is 2.83. The van der Waals surface area contributed by atoms with Gasteiger partial charge >= 0.3 is 0 Å². The molecule has 0 atom stereocenters. The number of piperidine rings is 1. The molecule has 0 aromatic carbocycles. The largest absolute Gasteiger partial charge is 0.350 e. The smallest absolute Gasteiger partial charge is 0.255 e. The molecule has 0 aliphatic carbocycles. The molecule has 108 valence electrons. The number of rotatable bonds is 2. The Morgan fingerprint density at radius 3 is 2.55 bits per heavy atom. The summed E-state index contributed by atoms with van der Waals surface area (Å²) in [5, 5.41) is 0. The molecule has 2 fully saturated rings. The van der Waals surface area contributed by atoms with Crippen LogP contribution in [0.1, 0.15) is 28.9 Å². The number of nitrogens with zero attached hydrogens (tertiary/aromatic N) is 2. The maximum absolute atomic E-state index is 12.4. The van der Waals surface area contributed by atoms with E-state index < -0.39 is 0 Å². The second-order valence-corrected chi connectivity index (χ2v) is 5.43. The van der Waals surface area contributed by atoms with Crippen LogP contribution in [0.25, 0.3) is 0 Å². The zero-order chi connectivity index (χ0) is 13.9. The van der Waals surface area contributed by atoms with Crippen LogP contribution in [0.15, 0.2) is 18.3 Å². The van der Waals surface area contributed by atoms with Crippen molar-refractivity contribution in [2.24, 2.45) is 5.92 Å². The van der Waals surface area contributed by atoms with Gasteiger partial charge in [0.2, 0.25) is 0 Å². The zero-order valence-electron chi connectivity index (χ0n) is 11.7. The lowest BCUT2D eigenvalue weighted by molar-refractivity contribution is -0.0956. The lowest BCUT2D eigenvalue weighted by Crippen LogP contribution is -2.41. The van der Waals surface area contributed by atoms with Crippen LogP contribution in [0.3, 0.4) is 0 Å². The van der Waals surface area contributed by atoms with Crippen LogP contribution in [0.4, 0.5) is 0 Å². The van der Waals surface area contributed by atoms with E-state index in [4.69, 9.17) is 9.47 Å². The SMILES string of the molecule is Cc1ccc(C(=O)N2CCC(C3OCCO3)CC2)cn1. The highest BCUT2D eigenvalue weighted by atomic mass is 16.7. The van der Waals surface area contributed by atoms with Gasteiger partial charge in [0, 0.05) is 30.9 Å². The normalized spacial score (nSPS) is 21.4. The van der Waals surface area contributed by atoms with Crippen molar-refractivity contribution in [2.75, 3.05) is 26.3 Å². The van der Waals surface area contributed by atoms with Gasteiger partial charge in [0.05, 0.1) is 18.8 Å². The van der Waals surface area contributed by atoms with Gasteiger partial charge in [-0.3, -0.25) is 9.78 Å². The van der Waals surface area contributed by atoms with E-state index in [1.807, 2.05) is 24.0 Å². The first-order valence-electron chi connectivity index (χ1n) is 7.19. The average molecular weight is 276 g/mol. The summed E-state index contributed by atoms with van der Waals surface area (Å²) in [7, 11) is 0. The monoisotopic (exact) mass is 276 g/mol. The van der Waals surface area contributed by atoms with Crippen LogP contribution >= 0.6 is 0 Å². The van der Waals surface area contributed by atoms with Crippen molar-refractivity contribution in [3.8, 4) is 0 Å². The van der Waals surface area contributed by atoms with Gasteiger partial charge in [0.25, 0.3) is 5.91 Å². The van der Waals surface area contributed by atoms with Gasteiger partial charge in [0.15, 0.2) is 6.29 Å². The number of pyridine rings is 1.